The first kappa shape index (κ1) is 23.5. The van der Waals surface area contributed by atoms with E-state index in [0.29, 0.717) is 40.3 Å². The Labute approximate surface area is 210 Å². The van der Waals surface area contributed by atoms with Crippen LogP contribution in [0.4, 0.5) is 8.78 Å². The molecule has 5 rings (SSSR count). The van der Waals surface area contributed by atoms with Gasteiger partial charge < -0.3 is 9.73 Å². The van der Waals surface area contributed by atoms with E-state index in [1.807, 2.05) is 12.1 Å². The molecule has 180 valence electrons. The van der Waals surface area contributed by atoms with E-state index in [0.717, 1.165) is 11.1 Å². The number of thioether (sulfide) groups is 1. The quantitative estimate of drug-likeness (QED) is 0.263. The number of aromatic nitrogens is 3. The predicted molar refractivity (Wildman–Crippen MR) is 133 cm³/mol. The van der Waals surface area contributed by atoms with Gasteiger partial charge in [-0.1, -0.05) is 48.2 Å². The summed E-state index contributed by atoms with van der Waals surface area (Å²) in [5.41, 5.74) is 2.61. The minimum Gasteiger partial charge on any atom is -0.461 e. The van der Waals surface area contributed by atoms with Crippen LogP contribution in [0.2, 0.25) is 0 Å². The highest BCUT2D eigenvalue weighted by Crippen LogP contribution is 2.31. The maximum Gasteiger partial charge on any atom is 0.251 e. The van der Waals surface area contributed by atoms with Gasteiger partial charge in [0.2, 0.25) is 5.82 Å². The molecule has 0 fully saturated rings. The Morgan fingerprint density at radius 1 is 0.889 bits per heavy atom. The molecule has 0 radical (unpaired) electrons. The Balaban J connectivity index is 1.28. The van der Waals surface area contributed by atoms with Gasteiger partial charge in [-0.25, -0.2) is 8.78 Å². The Hall–Kier alpha value is -4.24. The van der Waals surface area contributed by atoms with E-state index in [1.54, 1.807) is 59.2 Å². The third-order valence-corrected chi connectivity index (χ3v) is 6.42. The molecule has 0 bridgehead atoms. The second-order valence-electron chi connectivity index (χ2n) is 7.87. The number of halogens is 2. The molecule has 2 heterocycles. The van der Waals surface area contributed by atoms with Gasteiger partial charge in [-0.2, -0.15) is 0 Å². The molecule has 9 heteroatoms. The zero-order valence-electron chi connectivity index (χ0n) is 18.9. The smallest absolute Gasteiger partial charge is 0.251 e. The van der Waals surface area contributed by atoms with Gasteiger partial charge in [0.25, 0.3) is 5.91 Å². The summed E-state index contributed by atoms with van der Waals surface area (Å²) < 4.78 is 34.8. The fourth-order valence-electron chi connectivity index (χ4n) is 3.57. The highest BCUT2D eigenvalue weighted by Gasteiger charge is 2.20. The molecule has 0 spiro atoms. The summed E-state index contributed by atoms with van der Waals surface area (Å²) in [6, 6.07) is 23.1. The number of benzene rings is 3. The van der Waals surface area contributed by atoms with Crippen LogP contribution in [0.5, 0.6) is 0 Å². The molecule has 0 atom stereocenters. The molecule has 1 N–H and O–H groups in total. The van der Waals surface area contributed by atoms with Gasteiger partial charge >= 0.3 is 0 Å². The standard InChI is InChI=1S/C27H20F2N4O2S/c28-21-13-9-18(10-14-21)16-30-26(34)20-11-7-19(8-12-20)17-36-27-32-31-25(24-6-3-15-35-24)33(27)23-5-2-1-4-22(23)29/h1-15H,16-17H2,(H,30,34). The van der Waals surface area contributed by atoms with Crippen LogP contribution < -0.4 is 5.32 Å². The Morgan fingerprint density at radius 2 is 1.64 bits per heavy atom. The van der Waals surface area contributed by atoms with Crippen molar-refractivity contribution in [3.8, 4) is 17.3 Å². The molecule has 0 aliphatic carbocycles. The van der Waals surface area contributed by atoms with Gasteiger partial charge in [0.05, 0.1) is 12.0 Å². The summed E-state index contributed by atoms with van der Waals surface area (Å²) >= 11 is 1.39. The molecule has 0 saturated heterocycles. The van der Waals surface area contributed by atoms with E-state index in [9.17, 15) is 13.6 Å². The van der Waals surface area contributed by atoms with Crippen LogP contribution >= 0.6 is 11.8 Å². The minimum atomic E-state index is -0.400. The van der Waals surface area contributed by atoms with Crippen LogP contribution in [0.1, 0.15) is 21.5 Å². The lowest BCUT2D eigenvalue weighted by molar-refractivity contribution is 0.0951. The zero-order chi connectivity index (χ0) is 24.9. The SMILES string of the molecule is O=C(NCc1ccc(F)cc1)c1ccc(CSc2nnc(-c3ccco3)n2-c2ccccc2F)cc1. The van der Waals surface area contributed by atoms with Crippen LogP contribution in [0.25, 0.3) is 17.3 Å². The zero-order valence-corrected chi connectivity index (χ0v) is 19.7. The lowest BCUT2D eigenvalue weighted by Crippen LogP contribution is -2.22. The van der Waals surface area contributed by atoms with Crippen molar-refractivity contribution >= 4 is 17.7 Å². The van der Waals surface area contributed by atoms with E-state index in [-0.39, 0.29) is 11.7 Å². The molecule has 36 heavy (non-hydrogen) atoms. The van der Waals surface area contributed by atoms with E-state index in [1.165, 1.54) is 36.2 Å². The van der Waals surface area contributed by atoms with E-state index in [2.05, 4.69) is 15.5 Å². The normalized spacial score (nSPS) is 10.9. The van der Waals surface area contributed by atoms with Crippen LogP contribution in [-0.2, 0) is 12.3 Å². The van der Waals surface area contributed by atoms with E-state index >= 15 is 0 Å². The van der Waals surface area contributed by atoms with Gasteiger partial charge in [0.15, 0.2) is 10.9 Å². The number of hydrogen-bond acceptors (Lipinski definition) is 5. The monoisotopic (exact) mass is 502 g/mol. The average Bonchev–Trinajstić information content (AvgIpc) is 3.58. The van der Waals surface area contributed by atoms with Gasteiger partial charge in [-0.3, -0.25) is 9.36 Å². The van der Waals surface area contributed by atoms with Crippen molar-refractivity contribution in [2.45, 2.75) is 17.5 Å². The molecule has 6 nitrogen and oxygen atoms in total. The fourth-order valence-corrected chi connectivity index (χ4v) is 4.47. The molecule has 0 unspecified atom stereocenters. The molecular formula is C27H20F2N4O2S. The molecule has 0 aliphatic rings. The maximum atomic E-state index is 14.7. The molecule has 2 aromatic heterocycles. The lowest BCUT2D eigenvalue weighted by Gasteiger charge is -2.10. The van der Waals surface area contributed by atoms with Crippen LogP contribution in [0.15, 0.2) is 101 Å². The molecule has 5 aromatic rings. The number of furan rings is 1. The maximum absolute atomic E-state index is 14.7. The second-order valence-corrected chi connectivity index (χ2v) is 8.81. The first-order valence-electron chi connectivity index (χ1n) is 11.1. The summed E-state index contributed by atoms with van der Waals surface area (Å²) in [4.78, 5) is 12.5. The molecule has 1 amide bonds. The number of carbonyl (C=O) groups excluding carboxylic acids is 1. The van der Waals surface area contributed by atoms with Crippen molar-refractivity contribution in [2.24, 2.45) is 0 Å². The number of para-hydroxylation sites is 1. The minimum absolute atomic E-state index is 0.221. The van der Waals surface area contributed by atoms with Crippen molar-refractivity contribution in [1.29, 1.82) is 0 Å². The number of hydrogen-bond donors (Lipinski definition) is 1. The second kappa shape index (κ2) is 10.6. The highest BCUT2D eigenvalue weighted by atomic mass is 32.2. The lowest BCUT2D eigenvalue weighted by atomic mass is 10.1. The van der Waals surface area contributed by atoms with Crippen LogP contribution in [0, 0.1) is 11.6 Å². The average molecular weight is 503 g/mol. The predicted octanol–water partition coefficient (Wildman–Crippen LogP) is 6.03. The van der Waals surface area contributed by atoms with Gasteiger partial charge in [0.1, 0.15) is 11.6 Å². The molecule has 3 aromatic carbocycles. The summed E-state index contributed by atoms with van der Waals surface area (Å²) in [6.45, 7) is 0.306. The number of amides is 1. The third-order valence-electron chi connectivity index (χ3n) is 5.42. The van der Waals surface area contributed by atoms with E-state index in [4.69, 9.17) is 4.42 Å². The highest BCUT2D eigenvalue weighted by molar-refractivity contribution is 7.98. The largest absolute Gasteiger partial charge is 0.461 e. The number of carbonyl (C=O) groups is 1. The first-order valence-corrected chi connectivity index (χ1v) is 12.1. The number of rotatable bonds is 8. The summed E-state index contributed by atoms with van der Waals surface area (Å²) in [7, 11) is 0. The van der Waals surface area contributed by atoms with Crippen LogP contribution in [-0.4, -0.2) is 20.7 Å². The van der Waals surface area contributed by atoms with Gasteiger partial charge in [0, 0.05) is 17.9 Å². The van der Waals surface area contributed by atoms with Crippen molar-refractivity contribution in [3.63, 3.8) is 0 Å². The van der Waals surface area contributed by atoms with Crippen molar-refractivity contribution < 1.29 is 18.0 Å². The molecule has 0 aliphatic heterocycles. The summed E-state index contributed by atoms with van der Waals surface area (Å²) in [5, 5.41) is 11.8. The summed E-state index contributed by atoms with van der Waals surface area (Å²) in [6.07, 6.45) is 1.53. The fraction of sp³-hybridized carbons (Fsp3) is 0.0741. The third kappa shape index (κ3) is 5.21. The Morgan fingerprint density at radius 3 is 2.36 bits per heavy atom. The Bertz CT molecular complexity index is 1470. The van der Waals surface area contributed by atoms with Crippen LogP contribution in [0.3, 0.4) is 0 Å². The summed E-state index contributed by atoms with van der Waals surface area (Å²) in [5.74, 6) is 0.475. The Kier molecular flexibility index (Phi) is 6.90. The number of nitrogens with zero attached hydrogens (tertiary/aromatic N) is 3. The van der Waals surface area contributed by atoms with Gasteiger partial charge in [-0.15, -0.1) is 10.2 Å². The number of nitrogens with one attached hydrogen (secondary N) is 1. The van der Waals surface area contributed by atoms with Gasteiger partial charge in [-0.05, 0) is 59.7 Å². The van der Waals surface area contributed by atoms with Crippen molar-refractivity contribution in [2.75, 3.05) is 0 Å². The van der Waals surface area contributed by atoms with Crippen molar-refractivity contribution in [1.82, 2.24) is 20.1 Å². The topological polar surface area (TPSA) is 73.0 Å². The first-order chi connectivity index (χ1) is 17.6. The van der Waals surface area contributed by atoms with E-state index < -0.39 is 5.82 Å². The molecule has 0 saturated carbocycles. The van der Waals surface area contributed by atoms with Crippen molar-refractivity contribution in [3.05, 3.63) is 120 Å². The molecular weight excluding hydrogens is 482 g/mol.